The number of halogens is 1. The molecule has 1 amide bonds. The van der Waals surface area contributed by atoms with Crippen LogP contribution in [0, 0.1) is 10.1 Å². The fraction of sp³-hybridized carbons (Fsp3) is 0.364. The van der Waals surface area contributed by atoms with Crippen molar-refractivity contribution in [3.05, 3.63) is 33.3 Å². The highest BCUT2D eigenvalue weighted by Crippen LogP contribution is 2.29. The van der Waals surface area contributed by atoms with Gasteiger partial charge in [0.25, 0.3) is 5.69 Å². The lowest BCUT2D eigenvalue weighted by Gasteiger charge is -2.31. The molecule has 114 valence electrons. The zero-order valence-electron chi connectivity index (χ0n) is 10.9. The van der Waals surface area contributed by atoms with Gasteiger partial charge in [-0.2, -0.15) is 4.31 Å². The van der Waals surface area contributed by atoms with Crippen LogP contribution in [0.2, 0.25) is 5.02 Å². The van der Waals surface area contributed by atoms with Gasteiger partial charge in [0.2, 0.25) is 15.9 Å². The van der Waals surface area contributed by atoms with Crippen LogP contribution >= 0.6 is 11.6 Å². The van der Waals surface area contributed by atoms with E-state index in [0.29, 0.717) is 0 Å². The van der Waals surface area contributed by atoms with Crippen LogP contribution < -0.4 is 5.32 Å². The number of sulfonamides is 1. The molecule has 0 radical (unpaired) electrons. The molecule has 1 aliphatic heterocycles. The highest BCUT2D eigenvalue weighted by atomic mass is 35.5. The van der Waals surface area contributed by atoms with Crippen molar-refractivity contribution in [2.45, 2.75) is 17.9 Å². The largest absolute Gasteiger partial charge is 0.353 e. The first-order valence-electron chi connectivity index (χ1n) is 5.98. The summed E-state index contributed by atoms with van der Waals surface area (Å²) in [5.74, 6) is -0.409. The number of hydrogen-bond acceptors (Lipinski definition) is 5. The Labute approximate surface area is 125 Å². The average molecular weight is 334 g/mol. The number of rotatable bonds is 3. The zero-order valence-corrected chi connectivity index (χ0v) is 12.5. The topological polar surface area (TPSA) is 110 Å². The lowest BCUT2D eigenvalue weighted by Crippen LogP contribution is -2.55. The quantitative estimate of drug-likeness (QED) is 0.648. The number of nitrogens with one attached hydrogen (secondary N) is 1. The molecule has 1 aromatic carbocycles. The smallest absolute Gasteiger partial charge is 0.289 e. The van der Waals surface area contributed by atoms with E-state index in [1.165, 1.54) is 13.0 Å². The molecule has 1 atom stereocenters. The van der Waals surface area contributed by atoms with Gasteiger partial charge in [-0.1, -0.05) is 11.6 Å². The third kappa shape index (κ3) is 2.85. The number of nitro groups is 1. The molecule has 21 heavy (non-hydrogen) atoms. The van der Waals surface area contributed by atoms with Crippen LogP contribution in [0.5, 0.6) is 0 Å². The molecule has 1 aliphatic rings. The second-order valence-electron chi connectivity index (χ2n) is 4.45. The summed E-state index contributed by atoms with van der Waals surface area (Å²) in [6.07, 6.45) is 0. The summed E-state index contributed by atoms with van der Waals surface area (Å²) in [6, 6.07) is 2.36. The Balaban J connectivity index is 2.47. The van der Waals surface area contributed by atoms with E-state index in [4.69, 9.17) is 11.6 Å². The molecule has 2 rings (SSSR count). The van der Waals surface area contributed by atoms with Gasteiger partial charge in [-0.3, -0.25) is 14.9 Å². The van der Waals surface area contributed by atoms with Crippen molar-refractivity contribution < 1.29 is 18.1 Å². The minimum Gasteiger partial charge on any atom is -0.353 e. The molecule has 1 N–H and O–H groups in total. The molecule has 0 saturated carbocycles. The Kier molecular flexibility index (Phi) is 4.17. The van der Waals surface area contributed by atoms with Crippen molar-refractivity contribution >= 4 is 33.2 Å². The van der Waals surface area contributed by atoms with Gasteiger partial charge in [0, 0.05) is 19.2 Å². The van der Waals surface area contributed by atoms with E-state index < -0.39 is 32.6 Å². The number of carbonyl (C=O) groups is 1. The maximum atomic E-state index is 12.5. The molecule has 1 unspecified atom stereocenters. The first-order valence-corrected chi connectivity index (χ1v) is 7.80. The molecule has 0 aromatic heterocycles. The Morgan fingerprint density at radius 3 is 2.76 bits per heavy atom. The van der Waals surface area contributed by atoms with Gasteiger partial charge in [0.15, 0.2) is 0 Å². The second-order valence-corrected chi connectivity index (χ2v) is 6.75. The molecule has 8 nitrogen and oxygen atoms in total. The second kappa shape index (κ2) is 5.58. The maximum Gasteiger partial charge on any atom is 0.289 e. The van der Waals surface area contributed by atoms with Crippen LogP contribution in [0.4, 0.5) is 5.69 Å². The number of benzene rings is 1. The van der Waals surface area contributed by atoms with Gasteiger partial charge in [-0.05, 0) is 19.1 Å². The van der Waals surface area contributed by atoms with Crippen molar-refractivity contribution in [2.24, 2.45) is 0 Å². The van der Waals surface area contributed by atoms with Gasteiger partial charge in [-0.15, -0.1) is 0 Å². The summed E-state index contributed by atoms with van der Waals surface area (Å²) in [4.78, 5) is 21.4. The van der Waals surface area contributed by atoms with E-state index in [-0.39, 0.29) is 23.0 Å². The van der Waals surface area contributed by atoms with Crippen LogP contribution in [0.15, 0.2) is 23.1 Å². The standard InChI is InChI=1S/C11H12ClN3O5S/c1-7-11(16)13-4-5-14(7)21(19,20)8-2-3-9(12)10(6-8)15(17)18/h2-3,6-7H,4-5H2,1H3,(H,13,16). The van der Waals surface area contributed by atoms with Gasteiger partial charge in [0.05, 0.1) is 9.82 Å². The predicted molar refractivity (Wildman–Crippen MR) is 74.5 cm³/mol. The van der Waals surface area contributed by atoms with E-state index in [1.54, 1.807) is 0 Å². The Morgan fingerprint density at radius 1 is 1.48 bits per heavy atom. The molecule has 1 heterocycles. The van der Waals surface area contributed by atoms with Crippen LogP contribution in [0.25, 0.3) is 0 Å². The van der Waals surface area contributed by atoms with Crippen molar-refractivity contribution in [3.8, 4) is 0 Å². The lowest BCUT2D eigenvalue weighted by atomic mass is 10.2. The number of nitro benzene ring substituents is 1. The molecule has 0 spiro atoms. The number of hydrogen-bond donors (Lipinski definition) is 1. The van der Waals surface area contributed by atoms with Crippen molar-refractivity contribution in [2.75, 3.05) is 13.1 Å². The van der Waals surface area contributed by atoms with Crippen LogP contribution in [-0.4, -0.2) is 42.7 Å². The average Bonchev–Trinajstić information content (AvgIpc) is 2.41. The Morgan fingerprint density at radius 2 is 2.14 bits per heavy atom. The van der Waals surface area contributed by atoms with E-state index in [2.05, 4.69) is 5.32 Å². The van der Waals surface area contributed by atoms with Gasteiger partial charge < -0.3 is 5.32 Å². The highest BCUT2D eigenvalue weighted by molar-refractivity contribution is 7.89. The summed E-state index contributed by atoms with van der Waals surface area (Å²) >= 11 is 5.66. The van der Waals surface area contributed by atoms with Gasteiger partial charge in [-0.25, -0.2) is 8.42 Å². The van der Waals surface area contributed by atoms with Crippen molar-refractivity contribution in [3.63, 3.8) is 0 Å². The molecular formula is C11H12ClN3O5S. The number of amides is 1. The Hall–Kier alpha value is -1.71. The Bertz CT molecular complexity index is 706. The minimum absolute atomic E-state index is 0.103. The van der Waals surface area contributed by atoms with Crippen LogP contribution in [0.1, 0.15) is 6.92 Å². The number of carbonyl (C=O) groups excluding carboxylic acids is 1. The summed E-state index contributed by atoms with van der Waals surface area (Å²) < 4.78 is 26.0. The number of piperazine rings is 1. The number of nitrogens with zero attached hydrogens (tertiary/aromatic N) is 2. The van der Waals surface area contributed by atoms with E-state index in [9.17, 15) is 23.3 Å². The lowest BCUT2D eigenvalue weighted by molar-refractivity contribution is -0.384. The summed E-state index contributed by atoms with van der Waals surface area (Å²) in [5, 5.41) is 13.2. The molecule has 0 bridgehead atoms. The molecular weight excluding hydrogens is 322 g/mol. The fourth-order valence-electron chi connectivity index (χ4n) is 2.02. The summed E-state index contributed by atoms with van der Waals surface area (Å²) in [7, 11) is -4.01. The predicted octanol–water partition coefficient (Wildman–Crippen LogP) is 0.757. The van der Waals surface area contributed by atoms with Gasteiger partial charge in [0.1, 0.15) is 11.1 Å². The van der Waals surface area contributed by atoms with E-state index >= 15 is 0 Å². The molecule has 1 aromatic rings. The van der Waals surface area contributed by atoms with Crippen LogP contribution in [-0.2, 0) is 14.8 Å². The summed E-state index contributed by atoms with van der Waals surface area (Å²) in [6.45, 7) is 1.75. The van der Waals surface area contributed by atoms with Crippen molar-refractivity contribution in [1.29, 1.82) is 0 Å². The van der Waals surface area contributed by atoms with Crippen LogP contribution in [0.3, 0.4) is 0 Å². The van der Waals surface area contributed by atoms with E-state index in [0.717, 1.165) is 16.4 Å². The highest BCUT2D eigenvalue weighted by Gasteiger charge is 2.36. The third-order valence-corrected chi connectivity index (χ3v) is 5.45. The molecule has 0 aliphatic carbocycles. The normalized spacial score (nSPS) is 20.1. The monoisotopic (exact) mass is 333 g/mol. The van der Waals surface area contributed by atoms with E-state index in [1.807, 2.05) is 0 Å². The molecule has 10 heteroatoms. The first kappa shape index (κ1) is 15.7. The zero-order chi connectivity index (χ0) is 15.8. The summed E-state index contributed by atoms with van der Waals surface area (Å²) in [5.41, 5.74) is -0.494. The minimum atomic E-state index is -4.01. The SMILES string of the molecule is CC1C(=O)NCCN1S(=O)(=O)c1ccc(Cl)c([N+](=O)[O-])c1. The van der Waals surface area contributed by atoms with Gasteiger partial charge >= 0.3 is 0 Å². The molecule has 1 saturated heterocycles. The first-order chi connectivity index (χ1) is 9.75. The third-order valence-electron chi connectivity index (χ3n) is 3.16. The fourth-order valence-corrected chi connectivity index (χ4v) is 3.82. The molecule has 1 fully saturated rings. The van der Waals surface area contributed by atoms with Crippen molar-refractivity contribution in [1.82, 2.24) is 9.62 Å². The maximum absolute atomic E-state index is 12.5.